The smallest absolute Gasteiger partial charge is 0.339 e. The van der Waals surface area contributed by atoms with Crippen molar-refractivity contribution in [2.75, 3.05) is 5.32 Å². The number of aromatic nitrogens is 1. The molecule has 0 spiro atoms. The summed E-state index contributed by atoms with van der Waals surface area (Å²) < 4.78 is 0. The van der Waals surface area contributed by atoms with Gasteiger partial charge in [0, 0.05) is 5.69 Å². The second-order valence-corrected chi connectivity index (χ2v) is 4.18. The first kappa shape index (κ1) is 11.5. The Morgan fingerprint density at radius 1 is 1.65 bits per heavy atom. The molecule has 17 heavy (non-hydrogen) atoms. The number of hydrogen-bond donors (Lipinski definition) is 2. The maximum Gasteiger partial charge on any atom is 0.339 e. The van der Waals surface area contributed by atoms with Crippen molar-refractivity contribution in [3.63, 3.8) is 0 Å². The van der Waals surface area contributed by atoms with Crippen LogP contribution in [0.4, 0.5) is 5.82 Å². The zero-order valence-electron chi connectivity index (χ0n) is 9.66. The molecule has 0 aliphatic heterocycles. The number of pyridine rings is 1. The van der Waals surface area contributed by atoms with Crippen LogP contribution < -0.4 is 5.32 Å². The topological polar surface area (TPSA) is 62.2 Å². The molecule has 1 heterocycles. The number of anilines is 1. The molecular weight excluding hydrogens is 216 g/mol. The Kier molecular flexibility index (Phi) is 3.01. The quantitative estimate of drug-likeness (QED) is 0.776. The maximum absolute atomic E-state index is 11.2. The molecule has 88 valence electrons. The number of nitrogens with zero attached hydrogens (tertiary/aromatic N) is 1. The van der Waals surface area contributed by atoms with Gasteiger partial charge in [0.2, 0.25) is 0 Å². The van der Waals surface area contributed by atoms with E-state index in [1.807, 2.05) is 0 Å². The molecule has 0 bridgehead atoms. The Morgan fingerprint density at radius 2 is 2.41 bits per heavy atom. The molecule has 1 atom stereocenters. The molecule has 0 saturated carbocycles. The van der Waals surface area contributed by atoms with E-state index in [1.54, 1.807) is 13.0 Å². The minimum absolute atomic E-state index is 0.202. The molecule has 0 saturated heterocycles. The van der Waals surface area contributed by atoms with Crippen LogP contribution in [0.5, 0.6) is 0 Å². The van der Waals surface area contributed by atoms with Crippen molar-refractivity contribution in [1.82, 2.24) is 4.98 Å². The highest BCUT2D eigenvalue weighted by atomic mass is 16.4. The summed E-state index contributed by atoms with van der Waals surface area (Å²) in [7, 11) is 0. The summed E-state index contributed by atoms with van der Waals surface area (Å²) in [6.45, 7) is 1.79. The number of carboxylic acids is 1. The third kappa shape index (κ3) is 2.23. The second kappa shape index (κ2) is 4.46. The number of aromatic carboxylic acids is 1. The molecule has 1 aliphatic rings. The Bertz CT molecular complexity index is 503. The van der Waals surface area contributed by atoms with Crippen LogP contribution in [0.1, 0.15) is 35.0 Å². The van der Waals surface area contributed by atoms with Gasteiger partial charge in [0.15, 0.2) is 0 Å². The number of rotatable bonds is 3. The average molecular weight is 230 g/mol. The molecular formula is C13H14N2O2. The Labute approximate surface area is 100 Å². The number of fused-ring (bicyclic) bond motifs is 1. The van der Waals surface area contributed by atoms with Crippen LogP contribution in [0.25, 0.3) is 0 Å². The minimum atomic E-state index is -0.973. The normalized spacial score (nSPS) is 14.8. The van der Waals surface area contributed by atoms with E-state index in [4.69, 9.17) is 11.5 Å². The van der Waals surface area contributed by atoms with Crippen molar-refractivity contribution in [3.05, 3.63) is 22.9 Å². The maximum atomic E-state index is 11.2. The zero-order chi connectivity index (χ0) is 12.4. The third-order valence-electron chi connectivity index (χ3n) is 2.88. The molecule has 4 nitrogen and oxygen atoms in total. The van der Waals surface area contributed by atoms with Gasteiger partial charge in [-0.1, -0.05) is 5.92 Å². The van der Waals surface area contributed by atoms with Crippen molar-refractivity contribution in [3.8, 4) is 12.3 Å². The Hall–Kier alpha value is -2.02. The third-order valence-corrected chi connectivity index (χ3v) is 2.88. The largest absolute Gasteiger partial charge is 0.478 e. The molecule has 2 rings (SSSR count). The van der Waals surface area contributed by atoms with Crippen LogP contribution >= 0.6 is 0 Å². The van der Waals surface area contributed by atoms with Gasteiger partial charge >= 0.3 is 5.97 Å². The van der Waals surface area contributed by atoms with E-state index in [1.165, 1.54) is 0 Å². The lowest BCUT2D eigenvalue weighted by Crippen LogP contribution is -2.17. The average Bonchev–Trinajstić information content (AvgIpc) is 2.74. The number of aryl methyl sites for hydroxylation is 2. The van der Waals surface area contributed by atoms with Gasteiger partial charge in [-0.15, -0.1) is 6.42 Å². The molecule has 1 aromatic heterocycles. The number of hydrogen-bond acceptors (Lipinski definition) is 3. The molecule has 0 aromatic carbocycles. The summed E-state index contributed by atoms with van der Waals surface area (Å²) in [6, 6.07) is 1.48. The van der Waals surface area contributed by atoms with Crippen LogP contribution in [0.2, 0.25) is 0 Å². The summed E-state index contributed by atoms with van der Waals surface area (Å²) in [5.74, 6) is 1.91. The number of carbonyl (C=O) groups is 1. The fourth-order valence-corrected chi connectivity index (χ4v) is 1.99. The highest BCUT2D eigenvalue weighted by molar-refractivity contribution is 5.93. The van der Waals surface area contributed by atoms with Gasteiger partial charge < -0.3 is 10.4 Å². The van der Waals surface area contributed by atoms with Crippen molar-refractivity contribution in [2.24, 2.45) is 0 Å². The van der Waals surface area contributed by atoms with Crippen LogP contribution in [-0.2, 0) is 12.8 Å². The first-order chi connectivity index (χ1) is 8.11. The van der Waals surface area contributed by atoms with Crippen molar-refractivity contribution in [2.45, 2.75) is 32.2 Å². The summed E-state index contributed by atoms with van der Waals surface area (Å²) in [4.78, 5) is 15.5. The van der Waals surface area contributed by atoms with E-state index in [0.29, 0.717) is 5.82 Å². The summed E-state index contributed by atoms with van der Waals surface area (Å²) in [5, 5.41) is 12.1. The molecule has 2 N–H and O–H groups in total. The summed E-state index contributed by atoms with van der Waals surface area (Å²) >= 11 is 0. The predicted molar refractivity (Wildman–Crippen MR) is 65.1 cm³/mol. The lowest BCUT2D eigenvalue weighted by molar-refractivity contribution is 0.0697. The van der Waals surface area contributed by atoms with E-state index in [2.05, 4.69) is 16.2 Å². The van der Waals surface area contributed by atoms with E-state index in [9.17, 15) is 4.79 Å². The fraction of sp³-hybridized carbons (Fsp3) is 0.385. The van der Waals surface area contributed by atoms with E-state index in [-0.39, 0.29) is 11.6 Å². The fourth-order valence-electron chi connectivity index (χ4n) is 1.99. The van der Waals surface area contributed by atoms with Gasteiger partial charge in [0.25, 0.3) is 0 Å². The molecule has 1 aromatic rings. The first-order valence-electron chi connectivity index (χ1n) is 5.60. The van der Waals surface area contributed by atoms with E-state index >= 15 is 0 Å². The summed E-state index contributed by atoms with van der Waals surface area (Å²) in [5.41, 5.74) is 2.23. The second-order valence-electron chi connectivity index (χ2n) is 4.18. The van der Waals surface area contributed by atoms with Crippen molar-refractivity contribution < 1.29 is 9.90 Å². The van der Waals surface area contributed by atoms with Crippen molar-refractivity contribution >= 4 is 11.8 Å². The minimum Gasteiger partial charge on any atom is -0.478 e. The van der Waals surface area contributed by atoms with Crippen LogP contribution in [0.3, 0.4) is 0 Å². The highest BCUT2D eigenvalue weighted by Crippen LogP contribution is 2.25. The SMILES string of the molecule is C#CC(C)Nc1nc2c(cc1C(=O)O)CCC2. The Balaban J connectivity index is 2.42. The van der Waals surface area contributed by atoms with Crippen LogP contribution in [0, 0.1) is 12.3 Å². The van der Waals surface area contributed by atoms with Crippen LogP contribution in [-0.4, -0.2) is 22.1 Å². The number of terminal acetylenes is 1. The van der Waals surface area contributed by atoms with Gasteiger partial charge in [-0.05, 0) is 37.8 Å². The van der Waals surface area contributed by atoms with Gasteiger partial charge in [-0.2, -0.15) is 0 Å². The molecule has 1 aliphatic carbocycles. The lowest BCUT2D eigenvalue weighted by Gasteiger charge is -2.13. The van der Waals surface area contributed by atoms with Crippen LogP contribution in [0.15, 0.2) is 6.07 Å². The molecule has 4 heteroatoms. The molecule has 1 unspecified atom stereocenters. The highest BCUT2D eigenvalue weighted by Gasteiger charge is 2.20. The molecule has 0 radical (unpaired) electrons. The number of nitrogens with one attached hydrogen (secondary N) is 1. The zero-order valence-corrected chi connectivity index (χ0v) is 9.66. The van der Waals surface area contributed by atoms with E-state index in [0.717, 1.165) is 30.5 Å². The molecule has 0 amide bonds. The van der Waals surface area contributed by atoms with Gasteiger partial charge in [-0.25, -0.2) is 9.78 Å². The standard InChI is InChI=1S/C13H14N2O2/c1-3-8(2)14-12-10(13(16)17)7-9-5-4-6-11(9)15-12/h1,7-8H,4-6H2,2H3,(H,14,15)(H,16,17). The van der Waals surface area contributed by atoms with Gasteiger partial charge in [0.1, 0.15) is 11.4 Å². The van der Waals surface area contributed by atoms with Gasteiger partial charge in [-0.3, -0.25) is 0 Å². The Morgan fingerprint density at radius 3 is 3.06 bits per heavy atom. The summed E-state index contributed by atoms with van der Waals surface area (Å²) in [6.07, 6.45) is 8.13. The molecule has 0 fully saturated rings. The lowest BCUT2D eigenvalue weighted by atomic mass is 10.1. The number of carboxylic acid groups (broad SMARTS) is 1. The van der Waals surface area contributed by atoms with Gasteiger partial charge in [0.05, 0.1) is 6.04 Å². The van der Waals surface area contributed by atoms with E-state index < -0.39 is 5.97 Å². The first-order valence-corrected chi connectivity index (χ1v) is 5.60. The monoisotopic (exact) mass is 230 g/mol. The predicted octanol–water partition coefficient (Wildman–Crippen LogP) is 1.70. The van der Waals surface area contributed by atoms with Crippen molar-refractivity contribution in [1.29, 1.82) is 0 Å².